The minimum Gasteiger partial charge on any atom is -0.486 e. The Balaban J connectivity index is 1.87. The van der Waals surface area contributed by atoms with Crippen LogP contribution in [0.5, 0.6) is 11.5 Å². The SMILES string of the molecule is CNc1cc(C2CCCC2)nc2cc3c(cc12)OCCO3. The van der Waals surface area contributed by atoms with Crippen molar-refractivity contribution >= 4 is 16.6 Å². The van der Waals surface area contributed by atoms with Crippen molar-refractivity contribution in [3.05, 3.63) is 23.9 Å². The largest absolute Gasteiger partial charge is 0.486 e. The standard InChI is InChI=1S/C17H20N2O2/c1-18-14-9-13(11-4-2-3-5-11)19-15-10-17-16(8-12(14)15)20-6-7-21-17/h8-11H,2-7H2,1H3,(H,18,19). The Labute approximate surface area is 124 Å². The van der Waals surface area contributed by atoms with Crippen LogP contribution in [0.1, 0.15) is 37.3 Å². The second kappa shape index (κ2) is 5.10. The van der Waals surface area contributed by atoms with Crippen LogP contribution in [0.4, 0.5) is 5.69 Å². The molecule has 0 spiro atoms. The van der Waals surface area contributed by atoms with E-state index < -0.39 is 0 Å². The van der Waals surface area contributed by atoms with E-state index in [4.69, 9.17) is 14.5 Å². The highest BCUT2D eigenvalue weighted by Gasteiger charge is 2.21. The van der Waals surface area contributed by atoms with Crippen molar-refractivity contribution in [3.63, 3.8) is 0 Å². The third-order valence-corrected chi connectivity index (χ3v) is 4.54. The molecule has 0 amide bonds. The van der Waals surface area contributed by atoms with E-state index in [1.165, 1.54) is 31.4 Å². The summed E-state index contributed by atoms with van der Waals surface area (Å²) in [5.74, 6) is 2.24. The van der Waals surface area contributed by atoms with E-state index >= 15 is 0 Å². The van der Waals surface area contributed by atoms with Gasteiger partial charge >= 0.3 is 0 Å². The molecule has 1 saturated carbocycles. The minimum absolute atomic E-state index is 0.606. The lowest BCUT2D eigenvalue weighted by atomic mass is 10.0. The van der Waals surface area contributed by atoms with Gasteiger partial charge in [-0.15, -0.1) is 0 Å². The molecule has 1 aliphatic carbocycles. The predicted octanol–water partition coefficient (Wildman–Crippen LogP) is 3.71. The van der Waals surface area contributed by atoms with Crippen LogP contribution in [0.15, 0.2) is 18.2 Å². The maximum absolute atomic E-state index is 5.69. The summed E-state index contributed by atoms with van der Waals surface area (Å²) in [5.41, 5.74) is 3.33. The van der Waals surface area contributed by atoms with E-state index in [0.29, 0.717) is 19.1 Å². The second-order valence-electron chi connectivity index (χ2n) is 5.84. The number of benzene rings is 1. The van der Waals surface area contributed by atoms with Gasteiger partial charge in [-0.25, -0.2) is 0 Å². The quantitative estimate of drug-likeness (QED) is 0.913. The first-order valence-electron chi connectivity index (χ1n) is 7.77. The molecule has 1 aromatic heterocycles. The number of fused-ring (bicyclic) bond motifs is 2. The zero-order valence-electron chi connectivity index (χ0n) is 12.3. The van der Waals surface area contributed by atoms with Gasteiger partial charge < -0.3 is 14.8 Å². The first-order valence-corrected chi connectivity index (χ1v) is 7.77. The Hall–Kier alpha value is -1.97. The molecular weight excluding hydrogens is 264 g/mol. The van der Waals surface area contributed by atoms with E-state index in [9.17, 15) is 0 Å². The van der Waals surface area contributed by atoms with Crippen LogP contribution in [-0.4, -0.2) is 25.2 Å². The molecule has 21 heavy (non-hydrogen) atoms. The molecule has 0 unspecified atom stereocenters. The van der Waals surface area contributed by atoms with Gasteiger partial charge in [0.25, 0.3) is 0 Å². The fourth-order valence-electron chi connectivity index (χ4n) is 3.42. The topological polar surface area (TPSA) is 43.4 Å². The molecular formula is C17H20N2O2. The number of rotatable bonds is 2. The molecule has 4 rings (SSSR count). The number of anilines is 1. The monoisotopic (exact) mass is 284 g/mol. The van der Waals surface area contributed by atoms with Crippen molar-refractivity contribution in [2.45, 2.75) is 31.6 Å². The van der Waals surface area contributed by atoms with Crippen molar-refractivity contribution < 1.29 is 9.47 Å². The van der Waals surface area contributed by atoms with Gasteiger partial charge in [-0.2, -0.15) is 0 Å². The summed E-state index contributed by atoms with van der Waals surface area (Å²) in [6, 6.07) is 6.26. The number of nitrogens with zero attached hydrogens (tertiary/aromatic N) is 1. The van der Waals surface area contributed by atoms with Crippen LogP contribution in [-0.2, 0) is 0 Å². The summed E-state index contributed by atoms with van der Waals surface area (Å²) in [7, 11) is 1.96. The van der Waals surface area contributed by atoms with Crippen molar-refractivity contribution in [3.8, 4) is 11.5 Å². The number of pyridine rings is 1. The summed E-state index contributed by atoms with van der Waals surface area (Å²) in [6.45, 7) is 1.22. The maximum Gasteiger partial charge on any atom is 0.163 e. The van der Waals surface area contributed by atoms with Gasteiger partial charge in [0.15, 0.2) is 11.5 Å². The molecule has 1 fully saturated rings. The summed E-state index contributed by atoms with van der Waals surface area (Å²) in [5, 5.41) is 4.40. The Kier molecular flexibility index (Phi) is 3.09. The van der Waals surface area contributed by atoms with Crippen molar-refractivity contribution in [2.75, 3.05) is 25.6 Å². The van der Waals surface area contributed by atoms with Crippen LogP contribution in [0.3, 0.4) is 0 Å². The summed E-state index contributed by atoms with van der Waals surface area (Å²) < 4.78 is 11.4. The molecule has 0 atom stereocenters. The highest BCUT2D eigenvalue weighted by atomic mass is 16.6. The second-order valence-corrected chi connectivity index (χ2v) is 5.84. The Morgan fingerprint density at radius 1 is 1.05 bits per heavy atom. The lowest BCUT2D eigenvalue weighted by Gasteiger charge is -2.20. The van der Waals surface area contributed by atoms with Gasteiger partial charge in [0, 0.05) is 35.8 Å². The zero-order valence-corrected chi connectivity index (χ0v) is 12.3. The van der Waals surface area contributed by atoms with Crippen molar-refractivity contribution in [2.24, 2.45) is 0 Å². The summed E-state index contributed by atoms with van der Waals surface area (Å²) in [6.07, 6.45) is 5.15. The lowest BCUT2D eigenvalue weighted by Crippen LogP contribution is -2.15. The molecule has 2 aliphatic rings. The van der Waals surface area contributed by atoms with Gasteiger partial charge in [-0.05, 0) is 25.0 Å². The van der Waals surface area contributed by atoms with Crippen LogP contribution in [0.2, 0.25) is 0 Å². The molecule has 2 heterocycles. The lowest BCUT2D eigenvalue weighted by molar-refractivity contribution is 0.172. The van der Waals surface area contributed by atoms with Gasteiger partial charge in [-0.3, -0.25) is 4.98 Å². The zero-order chi connectivity index (χ0) is 14.2. The molecule has 0 saturated heterocycles. The molecule has 2 aromatic rings. The van der Waals surface area contributed by atoms with Gasteiger partial charge in [0.05, 0.1) is 5.52 Å². The van der Waals surface area contributed by atoms with Crippen molar-refractivity contribution in [1.29, 1.82) is 0 Å². The Bertz CT molecular complexity index is 678. The molecule has 4 nitrogen and oxygen atoms in total. The highest BCUT2D eigenvalue weighted by molar-refractivity contribution is 5.94. The Morgan fingerprint density at radius 3 is 2.48 bits per heavy atom. The van der Waals surface area contributed by atoms with E-state index in [0.717, 1.165) is 28.1 Å². The molecule has 0 bridgehead atoms. The average molecular weight is 284 g/mol. The van der Waals surface area contributed by atoms with Crippen LogP contribution >= 0.6 is 0 Å². The van der Waals surface area contributed by atoms with Gasteiger partial charge in [0.1, 0.15) is 13.2 Å². The fourth-order valence-corrected chi connectivity index (χ4v) is 3.42. The third-order valence-electron chi connectivity index (χ3n) is 4.54. The first-order chi connectivity index (χ1) is 10.3. The van der Waals surface area contributed by atoms with E-state index in [1.807, 2.05) is 19.2 Å². The van der Waals surface area contributed by atoms with E-state index in [1.54, 1.807) is 0 Å². The van der Waals surface area contributed by atoms with Crippen LogP contribution in [0.25, 0.3) is 10.9 Å². The molecule has 4 heteroatoms. The summed E-state index contributed by atoms with van der Waals surface area (Å²) >= 11 is 0. The van der Waals surface area contributed by atoms with E-state index in [-0.39, 0.29) is 0 Å². The smallest absolute Gasteiger partial charge is 0.163 e. The Morgan fingerprint density at radius 2 is 1.76 bits per heavy atom. The average Bonchev–Trinajstić information content (AvgIpc) is 3.06. The fraction of sp³-hybridized carbons (Fsp3) is 0.471. The number of ether oxygens (including phenoxy) is 2. The van der Waals surface area contributed by atoms with Gasteiger partial charge in [0.2, 0.25) is 0 Å². The normalized spacial score (nSPS) is 18.1. The molecule has 1 N–H and O–H groups in total. The number of aromatic nitrogens is 1. The summed E-state index contributed by atoms with van der Waals surface area (Å²) in [4.78, 5) is 4.90. The van der Waals surface area contributed by atoms with Crippen LogP contribution in [0, 0.1) is 0 Å². The first kappa shape index (κ1) is 12.7. The number of hydrogen-bond donors (Lipinski definition) is 1. The molecule has 110 valence electrons. The predicted molar refractivity (Wildman–Crippen MR) is 83.5 cm³/mol. The molecule has 0 radical (unpaired) electrons. The molecule has 1 aromatic carbocycles. The van der Waals surface area contributed by atoms with Crippen LogP contribution < -0.4 is 14.8 Å². The third kappa shape index (κ3) is 2.19. The maximum atomic E-state index is 5.69. The minimum atomic E-state index is 0.606. The number of hydrogen-bond acceptors (Lipinski definition) is 4. The highest BCUT2D eigenvalue weighted by Crippen LogP contribution is 2.40. The number of nitrogens with one attached hydrogen (secondary N) is 1. The van der Waals surface area contributed by atoms with Crippen molar-refractivity contribution in [1.82, 2.24) is 4.98 Å². The molecule has 1 aliphatic heterocycles. The van der Waals surface area contributed by atoms with Gasteiger partial charge in [-0.1, -0.05) is 12.8 Å². The van der Waals surface area contributed by atoms with E-state index in [2.05, 4.69) is 11.4 Å².